The van der Waals surface area contributed by atoms with Gasteiger partial charge in [-0.1, -0.05) is 20.3 Å². The van der Waals surface area contributed by atoms with Crippen LogP contribution >= 0.6 is 0 Å². The normalized spacial score (nSPS) is 15.3. The predicted molar refractivity (Wildman–Crippen MR) is 102 cm³/mol. The van der Waals surface area contributed by atoms with Crippen LogP contribution in [0.15, 0.2) is 10.5 Å². The lowest BCUT2D eigenvalue weighted by atomic mass is 10.2. The summed E-state index contributed by atoms with van der Waals surface area (Å²) in [7, 11) is 0. The first-order valence-electron chi connectivity index (χ1n) is 9.82. The minimum Gasteiger partial charge on any atom is -0.466 e. The SMILES string of the molecule is CCCCN(CCC(=O)N1CCN(CC)CC1)C(=O)c1cc(C)oc1C. The Kier molecular flexibility index (Phi) is 7.69. The number of furan rings is 1. The van der Waals surface area contributed by atoms with Crippen molar-refractivity contribution in [2.45, 2.75) is 47.0 Å². The lowest BCUT2D eigenvalue weighted by Gasteiger charge is -2.34. The molecule has 0 saturated carbocycles. The van der Waals surface area contributed by atoms with Crippen molar-refractivity contribution >= 4 is 11.8 Å². The zero-order valence-corrected chi connectivity index (χ0v) is 16.7. The molecule has 0 N–H and O–H groups in total. The first kappa shape index (κ1) is 20.5. The van der Waals surface area contributed by atoms with Crippen LogP contribution in [-0.2, 0) is 4.79 Å². The van der Waals surface area contributed by atoms with E-state index in [0.717, 1.165) is 51.3 Å². The molecule has 1 aliphatic heterocycles. The van der Waals surface area contributed by atoms with E-state index in [4.69, 9.17) is 4.42 Å². The van der Waals surface area contributed by atoms with Crippen LogP contribution < -0.4 is 0 Å². The highest BCUT2D eigenvalue weighted by Crippen LogP contribution is 2.17. The summed E-state index contributed by atoms with van der Waals surface area (Å²) in [5.74, 6) is 1.51. The summed E-state index contributed by atoms with van der Waals surface area (Å²) in [6.07, 6.45) is 2.34. The minimum atomic E-state index is -0.0311. The molecule has 6 nitrogen and oxygen atoms in total. The van der Waals surface area contributed by atoms with Gasteiger partial charge in [0, 0.05) is 45.7 Å². The highest BCUT2D eigenvalue weighted by molar-refractivity contribution is 5.95. The summed E-state index contributed by atoms with van der Waals surface area (Å²) in [6, 6.07) is 1.79. The van der Waals surface area contributed by atoms with E-state index in [-0.39, 0.29) is 11.8 Å². The van der Waals surface area contributed by atoms with E-state index in [1.165, 1.54) is 0 Å². The molecule has 146 valence electrons. The summed E-state index contributed by atoms with van der Waals surface area (Å²) < 4.78 is 5.50. The number of aryl methyl sites for hydroxylation is 2. The zero-order chi connectivity index (χ0) is 19.1. The summed E-state index contributed by atoms with van der Waals surface area (Å²) in [5.41, 5.74) is 0.614. The fraction of sp³-hybridized carbons (Fsp3) is 0.700. The van der Waals surface area contributed by atoms with Gasteiger partial charge in [-0.15, -0.1) is 0 Å². The molecule has 26 heavy (non-hydrogen) atoms. The number of carbonyl (C=O) groups excluding carboxylic acids is 2. The third-order valence-corrected chi connectivity index (χ3v) is 5.11. The van der Waals surface area contributed by atoms with Gasteiger partial charge in [-0.3, -0.25) is 9.59 Å². The van der Waals surface area contributed by atoms with E-state index in [0.29, 0.717) is 30.8 Å². The smallest absolute Gasteiger partial charge is 0.257 e. The molecule has 0 bridgehead atoms. The molecule has 0 aliphatic carbocycles. The summed E-state index contributed by atoms with van der Waals surface area (Å²) in [5, 5.41) is 0. The van der Waals surface area contributed by atoms with Gasteiger partial charge in [0.25, 0.3) is 5.91 Å². The highest BCUT2D eigenvalue weighted by Gasteiger charge is 2.24. The van der Waals surface area contributed by atoms with E-state index in [1.54, 1.807) is 11.0 Å². The molecule has 0 atom stereocenters. The number of unbranched alkanes of at least 4 members (excludes halogenated alkanes) is 1. The molecular formula is C20H33N3O3. The highest BCUT2D eigenvalue weighted by atomic mass is 16.3. The van der Waals surface area contributed by atoms with Crippen LogP contribution in [0.2, 0.25) is 0 Å². The molecule has 2 rings (SSSR count). The largest absolute Gasteiger partial charge is 0.466 e. The monoisotopic (exact) mass is 363 g/mol. The number of likely N-dealkylation sites (N-methyl/N-ethyl adjacent to an activating group) is 1. The Morgan fingerprint density at radius 1 is 1.12 bits per heavy atom. The van der Waals surface area contributed by atoms with Crippen LogP contribution in [0, 0.1) is 13.8 Å². The molecule has 2 amide bonds. The summed E-state index contributed by atoms with van der Waals surface area (Å²) in [6.45, 7) is 13.5. The van der Waals surface area contributed by atoms with Gasteiger partial charge in [0.2, 0.25) is 5.91 Å². The van der Waals surface area contributed by atoms with Crippen LogP contribution in [0.5, 0.6) is 0 Å². The Morgan fingerprint density at radius 3 is 2.35 bits per heavy atom. The van der Waals surface area contributed by atoms with Crippen LogP contribution in [0.4, 0.5) is 0 Å². The second-order valence-electron chi connectivity index (χ2n) is 7.04. The van der Waals surface area contributed by atoms with Crippen molar-refractivity contribution in [1.82, 2.24) is 14.7 Å². The van der Waals surface area contributed by atoms with Crippen molar-refractivity contribution in [3.05, 3.63) is 23.2 Å². The van der Waals surface area contributed by atoms with Gasteiger partial charge in [0.05, 0.1) is 5.56 Å². The van der Waals surface area contributed by atoms with Gasteiger partial charge in [-0.2, -0.15) is 0 Å². The number of nitrogens with zero attached hydrogens (tertiary/aromatic N) is 3. The molecule has 1 aromatic rings. The maximum Gasteiger partial charge on any atom is 0.257 e. The topological polar surface area (TPSA) is 57.0 Å². The Balaban J connectivity index is 1.94. The number of hydrogen-bond donors (Lipinski definition) is 0. The van der Waals surface area contributed by atoms with E-state index in [9.17, 15) is 9.59 Å². The number of rotatable bonds is 8. The van der Waals surface area contributed by atoms with Crippen LogP contribution in [0.3, 0.4) is 0 Å². The van der Waals surface area contributed by atoms with E-state index >= 15 is 0 Å². The third kappa shape index (κ3) is 5.34. The lowest BCUT2D eigenvalue weighted by molar-refractivity contribution is -0.133. The molecule has 0 spiro atoms. The molecule has 0 unspecified atom stereocenters. The van der Waals surface area contributed by atoms with Crippen molar-refractivity contribution in [3.8, 4) is 0 Å². The molecule has 6 heteroatoms. The molecule has 1 aromatic heterocycles. The Hall–Kier alpha value is -1.82. The average Bonchev–Trinajstić information content (AvgIpc) is 2.99. The quantitative estimate of drug-likeness (QED) is 0.713. The van der Waals surface area contributed by atoms with Gasteiger partial charge in [0.1, 0.15) is 11.5 Å². The molecular weight excluding hydrogens is 330 g/mol. The second-order valence-corrected chi connectivity index (χ2v) is 7.04. The van der Waals surface area contributed by atoms with Gasteiger partial charge in [-0.25, -0.2) is 0 Å². The van der Waals surface area contributed by atoms with Crippen molar-refractivity contribution in [1.29, 1.82) is 0 Å². The fourth-order valence-corrected chi connectivity index (χ4v) is 3.38. The van der Waals surface area contributed by atoms with Crippen molar-refractivity contribution < 1.29 is 14.0 Å². The van der Waals surface area contributed by atoms with Crippen LogP contribution in [0.1, 0.15) is 55.0 Å². The average molecular weight is 364 g/mol. The van der Waals surface area contributed by atoms with Gasteiger partial charge in [-0.05, 0) is 32.9 Å². The second kappa shape index (κ2) is 9.76. The van der Waals surface area contributed by atoms with Gasteiger partial charge < -0.3 is 19.1 Å². The summed E-state index contributed by atoms with van der Waals surface area (Å²) >= 11 is 0. The lowest BCUT2D eigenvalue weighted by Crippen LogP contribution is -2.49. The molecule has 2 heterocycles. The number of hydrogen-bond acceptors (Lipinski definition) is 4. The Bertz CT molecular complexity index is 603. The third-order valence-electron chi connectivity index (χ3n) is 5.11. The molecule has 0 radical (unpaired) electrons. The molecule has 1 fully saturated rings. The maximum absolute atomic E-state index is 12.9. The first-order valence-corrected chi connectivity index (χ1v) is 9.82. The Morgan fingerprint density at radius 2 is 1.81 bits per heavy atom. The summed E-state index contributed by atoms with van der Waals surface area (Å²) in [4.78, 5) is 31.5. The van der Waals surface area contributed by atoms with E-state index < -0.39 is 0 Å². The zero-order valence-electron chi connectivity index (χ0n) is 16.7. The van der Waals surface area contributed by atoms with Crippen molar-refractivity contribution in [2.24, 2.45) is 0 Å². The van der Waals surface area contributed by atoms with E-state index in [1.807, 2.05) is 18.7 Å². The standard InChI is InChI=1S/C20H33N3O3/c1-5-7-9-23(20(25)18-15-16(3)26-17(18)4)10-8-19(24)22-13-11-21(6-2)12-14-22/h15H,5-14H2,1-4H3. The van der Waals surface area contributed by atoms with Crippen LogP contribution in [-0.4, -0.2) is 72.3 Å². The molecule has 1 aliphatic rings. The molecule has 1 saturated heterocycles. The number of amides is 2. The first-order chi connectivity index (χ1) is 12.5. The fourth-order valence-electron chi connectivity index (χ4n) is 3.38. The van der Waals surface area contributed by atoms with Gasteiger partial charge >= 0.3 is 0 Å². The van der Waals surface area contributed by atoms with Crippen LogP contribution in [0.25, 0.3) is 0 Å². The molecule has 0 aromatic carbocycles. The van der Waals surface area contributed by atoms with Gasteiger partial charge in [0.15, 0.2) is 0 Å². The van der Waals surface area contributed by atoms with Crippen molar-refractivity contribution in [2.75, 3.05) is 45.8 Å². The van der Waals surface area contributed by atoms with E-state index in [2.05, 4.69) is 18.7 Å². The number of piperazine rings is 1. The number of carbonyl (C=O) groups is 2. The Labute approximate surface area is 157 Å². The minimum absolute atomic E-state index is 0.0311. The van der Waals surface area contributed by atoms with Crippen molar-refractivity contribution in [3.63, 3.8) is 0 Å². The maximum atomic E-state index is 12.9. The predicted octanol–water partition coefficient (Wildman–Crippen LogP) is 2.69.